The lowest BCUT2D eigenvalue weighted by molar-refractivity contribution is -0.145. The molecule has 11 heteroatoms. The normalized spacial score (nSPS) is 12.3. The summed E-state index contributed by atoms with van der Waals surface area (Å²) in [4.78, 5) is 36.2. The smallest absolute Gasteiger partial charge is 0.412 e. The van der Waals surface area contributed by atoms with Crippen LogP contribution in [0.5, 0.6) is 23.0 Å². The van der Waals surface area contributed by atoms with E-state index < -0.39 is 30.1 Å². The van der Waals surface area contributed by atoms with Gasteiger partial charge in [-0.25, -0.2) is 9.59 Å². The van der Waals surface area contributed by atoms with Crippen LogP contribution < -0.4 is 21.1 Å². The lowest BCUT2D eigenvalue weighted by Crippen LogP contribution is -2.50. The summed E-state index contributed by atoms with van der Waals surface area (Å²) in [6, 6.07) is 6.03. The maximum absolute atomic E-state index is 12.6. The molecule has 2 aromatic carbocycles. The van der Waals surface area contributed by atoms with Crippen molar-refractivity contribution in [3.8, 4) is 23.0 Å². The quantitative estimate of drug-likeness (QED) is 0.245. The molecule has 2 rings (SSSR count). The summed E-state index contributed by atoms with van der Waals surface area (Å²) in [6.45, 7) is 0. The van der Waals surface area contributed by atoms with E-state index in [-0.39, 0.29) is 35.8 Å². The molecule has 0 radical (unpaired) electrons. The fourth-order valence-corrected chi connectivity index (χ4v) is 2.81. The average molecular weight is 447 g/mol. The molecule has 0 aliphatic carbocycles. The second kappa shape index (κ2) is 10.9. The van der Waals surface area contributed by atoms with E-state index in [1.54, 1.807) is 0 Å². The van der Waals surface area contributed by atoms with Gasteiger partial charge < -0.3 is 41.2 Å². The minimum Gasteiger partial charge on any atom is -0.504 e. The van der Waals surface area contributed by atoms with Crippen molar-refractivity contribution in [1.29, 1.82) is 0 Å². The molecule has 172 valence electrons. The molecule has 0 saturated carbocycles. The van der Waals surface area contributed by atoms with Crippen LogP contribution in [-0.4, -0.2) is 59.5 Å². The molecule has 0 saturated heterocycles. The first kappa shape index (κ1) is 24.3. The van der Waals surface area contributed by atoms with Crippen molar-refractivity contribution in [3.63, 3.8) is 0 Å². The first-order valence-corrected chi connectivity index (χ1v) is 9.50. The van der Waals surface area contributed by atoms with Crippen LogP contribution in [0.1, 0.15) is 11.1 Å². The topological polar surface area (TPSA) is 180 Å². The number of carbonyl (C=O) groups is 3. The number of esters is 1. The van der Waals surface area contributed by atoms with E-state index in [9.17, 15) is 29.7 Å². The molecular formula is C21H25N3O8. The number of nitrogens with two attached hydrogens (primary N) is 1. The predicted molar refractivity (Wildman–Crippen MR) is 112 cm³/mol. The highest BCUT2D eigenvalue weighted by molar-refractivity contribution is 5.87. The third-order valence-corrected chi connectivity index (χ3v) is 4.51. The second-order valence-electron chi connectivity index (χ2n) is 6.86. The molecule has 0 unspecified atom stereocenters. The number of benzene rings is 2. The van der Waals surface area contributed by atoms with E-state index >= 15 is 0 Å². The van der Waals surface area contributed by atoms with Crippen molar-refractivity contribution in [2.24, 2.45) is 5.73 Å². The predicted octanol–water partition coefficient (Wildman–Crippen LogP) is 0.292. The van der Waals surface area contributed by atoms with Gasteiger partial charge in [0.15, 0.2) is 23.0 Å². The van der Waals surface area contributed by atoms with Gasteiger partial charge in [0.2, 0.25) is 5.91 Å². The van der Waals surface area contributed by atoms with Crippen LogP contribution in [0.15, 0.2) is 36.4 Å². The number of phenols is 3. The van der Waals surface area contributed by atoms with Gasteiger partial charge in [0, 0.05) is 13.5 Å². The Morgan fingerprint density at radius 3 is 2.19 bits per heavy atom. The van der Waals surface area contributed by atoms with Gasteiger partial charge in [-0.1, -0.05) is 12.1 Å². The molecule has 11 nitrogen and oxygen atoms in total. The zero-order valence-electron chi connectivity index (χ0n) is 17.5. The molecule has 2 atom stereocenters. The standard InChI is InChI=1S/C21H25N3O8/c1-23-21(30)32-18-10-12(4-6-16(18)26)8-14(20(29)31-2)24-19(28)13(22)7-11-3-5-15(25)17(27)9-11/h3-6,9-10,13-14,25-27H,7-8,22H2,1-2H3,(H,23,30)(H,24,28)/t13-,14+/m1/s1. The number of methoxy groups -OCH3 is 1. The number of ether oxygens (including phenoxy) is 2. The van der Waals surface area contributed by atoms with E-state index in [0.717, 1.165) is 7.11 Å². The Bertz CT molecular complexity index is 995. The van der Waals surface area contributed by atoms with Gasteiger partial charge in [-0.05, 0) is 41.8 Å². The molecule has 2 aromatic rings. The fourth-order valence-electron chi connectivity index (χ4n) is 2.81. The van der Waals surface area contributed by atoms with Gasteiger partial charge in [0.1, 0.15) is 6.04 Å². The van der Waals surface area contributed by atoms with E-state index in [0.29, 0.717) is 11.1 Å². The summed E-state index contributed by atoms with van der Waals surface area (Å²) in [6.07, 6.45) is -0.784. The number of phenolic OH excluding ortho intramolecular Hbond substituents is 3. The minimum atomic E-state index is -1.11. The second-order valence-corrected chi connectivity index (χ2v) is 6.86. The van der Waals surface area contributed by atoms with Crippen LogP contribution >= 0.6 is 0 Å². The van der Waals surface area contributed by atoms with Gasteiger partial charge in [0.05, 0.1) is 13.2 Å². The molecule has 0 aliphatic heterocycles. The number of amides is 2. The number of hydrogen-bond acceptors (Lipinski definition) is 9. The first-order valence-electron chi connectivity index (χ1n) is 9.50. The third kappa shape index (κ3) is 6.51. The van der Waals surface area contributed by atoms with E-state index in [4.69, 9.17) is 15.2 Å². The van der Waals surface area contributed by atoms with Gasteiger partial charge in [-0.2, -0.15) is 0 Å². The van der Waals surface area contributed by atoms with Crippen LogP contribution in [0, 0.1) is 0 Å². The zero-order valence-corrected chi connectivity index (χ0v) is 17.5. The molecule has 0 bridgehead atoms. The minimum absolute atomic E-state index is 0.0322. The van der Waals surface area contributed by atoms with E-state index in [1.807, 2.05) is 0 Å². The maximum atomic E-state index is 12.6. The maximum Gasteiger partial charge on any atom is 0.412 e. The number of hydrogen-bond donors (Lipinski definition) is 6. The molecular weight excluding hydrogens is 422 g/mol. The van der Waals surface area contributed by atoms with E-state index in [2.05, 4.69) is 10.6 Å². The molecule has 0 aromatic heterocycles. The molecule has 0 spiro atoms. The lowest BCUT2D eigenvalue weighted by Gasteiger charge is -2.20. The van der Waals surface area contributed by atoms with Crippen molar-refractivity contribution in [3.05, 3.63) is 47.5 Å². The van der Waals surface area contributed by atoms with Gasteiger partial charge >= 0.3 is 12.1 Å². The Kier molecular flexibility index (Phi) is 8.24. The van der Waals surface area contributed by atoms with Crippen molar-refractivity contribution in [2.75, 3.05) is 14.2 Å². The van der Waals surface area contributed by atoms with Crippen LogP contribution in [0.3, 0.4) is 0 Å². The number of carbonyl (C=O) groups excluding carboxylic acids is 3. The number of rotatable bonds is 8. The van der Waals surface area contributed by atoms with Crippen LogP contribution in [-0.2, 0) is 27.2 Å². The van der Waals surface area contributed by atoms with Gasteiger partial charge in [-0.15, -0.1) is 0 Å². The number of aromatic hydroxyl groups is 3. The van der Waals surface area contributed by atoms with Crippen molar-refractivity contribution < 1.29 is 39.2 Å². The van der Waals surface area contributed by atoms with Crippen LogP contribution in [0.25, 0.3) is 0 Å². The lowest BCUT2D eigenvalue weighted by atomic mass is 10.0. The van der Waals surface area contributed by atoms with Crippen LogP contribution in [0.2, 0.25) is 0 Å². The number of nitrogens with one attached hydrogen (secondary N) is 2. The van der Waals surface area contributed by atoms with Crippen molar-refractivity contribution in [2.45, 2.75) is 24.9 Å². The third-order valence-electron chi connectivity index (χ3n) is 4.51. The molecule has 2 amide bonds. The van der Waals surface area contributed by atoms with Gasteiger partial charge in [-0.3, -0.25) is 4.79 Å². The van der Waals surface area contributed by atoms with E-state index in [1.165, 1.54) is 43.4 Å². The Balaban J connectivity index is 2.12. The average Bonchev–Trinajstić information content (AvgIpc) is 2.77. The highest BCUT2D eigenvalue weighted by atomic mass is 16.6. The Morgan fingerprint density at radius 1 is 0.969 bits per heavy atom. The molecule has 32 heavy (non-hydrogen) atoms. The summed E-state index contributed by atoms with van der Waals surface area (Å²) >= 11 is 0. The zero-order chi connectivity index (χ0) is 23.8. The summed E-state index contributed by atoms with van der Waals surface area (Å²) in [5.41, 5.74) is 6.90. The molecule has 7 N–H and O–H groups in total. The highest BCUT2D eigenvalue weighted by Crippen LogP contribution is 2.28. The Labute approximate surface area is 183 Å². The highest BCUT2D eigenvalue weighted by Gasteiger charge is 2.25. The fraction of sp³-hybridized carbons (Fsp3) is 0.286. The monoisotopic (exact) mass is 447 g/mol. The van der Waals surface area contributed by atoms with Crippen molar-refractivity contribution >= 4 is 18.0 Å². The Morgan fingerprint density at radius 2 is 1.59 bits per heavy atom. The summed E-state index contributed by atoms with van der Waals surface area (Å²) < 4.78 is 9.69. The molecule has 0 heterocycles. The molecule has 0 fully saturated rings. The molecule has 0 aliphatic rings. The SMILES string of the molecule is CNC(=O)Oc1cc(C[C@H](NC(=O)[C@H](N)Cc2ccc(O)c(O)c2)C(=O)OC)ccc1O. The largest absolute Gasteiger partial charge is 0.504 e. The van der Waals surface area contributed by atoms with Crippen LogP contribution in [0.4, 0.5) is 4.79 Å². The Hall–Kier alpha value is -3.99. The van der Waals surface area contributed by atoms with Crippen molar-refractivity contribution in [1.82, 2.24) is 10.6 Å². The summed E-state index contributed by atoms with van der Waals surface area (Å²) in [5, 5.41) is 33.6. The first-order chi connectivity index (χ1) is 15.1. The van der Waals surface area contributed by atoms with Gasteiger partial charge in [0.25, 0.3) is 0 Å². The summed E-state index contributed by atoms with van der Waals surface area (Å²) in [5.74, 6) is -2.42. The summed E-state index contributed by atoms with van der Waals surface area (Å²) in [7, 11) is 2.52.